The third-order valence-corrected chi connectivity index (χ3v) is 3.60. The third kappa shape index (κ3) is 2.65. The van der Waals surface area contributed by atoms with E-state index in [0.717, 1.165) is 16.8 Å². The molecule has 22 heavy (non-hydrogen) atoms. The number of amides is 1. The maximum atomic E-state index is 13.4. The van der Waals surface area contributed by atoms with Gasteiger partial charge < -0.3 is 15.4 Å². The summed E-state index contributed by atoms with van der Waals surface area (Å²) in [6, 6.07) is 11.0. The van der Waals surface area contributed by atoms with E-state index in [2.05, 4.69) is 10.3 Å². The quantitative estimate of drug-likeness (QED) is 0.648. The normalized spacial score (nSPS) is 10.8. The first kappa shape index (κ1) is 14.1. The van der Waals surface area contributed by atoms with Gasteiger partial charge in [-0.15, -0.1) is 0 Å². The van der Waals surface area contributed by atoms with E-state index >= 15 is 0 Å². The highest BCUT2D eigenvalue weighted by Crippen LogP contribution is 2.25. The van der Waals surface area contributed by atoms with Gasteiger partial charge in [0.1, 0.15) is 11.6 Å². The summed E-state index contributed by atoms with van der Waals surface area (Å²) in [5, 5.41) is 13.0. The van der Waals surface area contributed by atoms with Gasteiger partial charge in [-0.3, -0.25) is 4.79 Å². The van der Waals surface area contributed by atoms with Crippen molar-refractivity contribution in [3.8, 4) is 5.75 Å². The van der Waals surface area contributed by atoms with Crippen molar-refractivity contribution in [3.05, 3.63) is 59.5 Å². The van der Waals surface area contributed by atoms with Crippen LogP contribution in [0.25, 0.3) is 10.9 Å². The van der Waals surface area contributed by atoms with Gasteiger partial charge in [-0.2, -0.15) is 0 Å². The zero-order valence-corrected chi connectivity index (χ0v) is 12.0. The molecule has 0 bridgehead atoms. The summed E-state index contributed by atoms with van der Waals surface area (Å²) in [6.45, 7) is 1.85. The Morgan fingerprint density at radius 1 is 1.27 bits per heavy atom. The Balaban J connectivity index is 1.87. The number of H-pyrrole nitrogens is 1. The van der Waals surface area contributed by atoms with Crippen LogP contribution >= 0.6 is 0 Å². The van der Waals surface area contributed by atoms with E-state index in [1.54, 1.807) is 24.3 Å². The van der Waals surface area contributed by atoms with Crippen LogP contribution in [0.4, 0.5) is 10.1 Å². The van der Waals surface area contributed by atoms with Crippen molar-refractivity contribution >= 4 is 22.5 Å². The minimum absolute atomic E-state index is 0.0116. The molecule has 0 saturated heterocycles. The number of hydrogen-bond donors (Lipinski definition) is 3. The van der Waals surface area contributed by atoms with Gasteiger partial charge in [0.2, 0.25) is 5.91 Å². The summed E-state index contributed by atoms with van der Waals surface area (Å²) in [7, 11) is 0. The molecule has 0 atom stereocenters. The van der Waals surface area contributed by atoms with Crippen LogP contribution in [0.5, 0.6) is 5.75 Å². The van der Waals surface area contributed by atoms with E-state index in [4.69, 9.17) is 0 Å². The Morgan fingerprint density at radius 2 is 2.05 bits per heavy atom. The van der Waals surface area contributed by atoms with Crippen LogP contribution in [0.15, 0.2) is 42.5 Å². The predicted molar refractivity (Wildman–Crippen MR) is 83.4 cm³/mol. The maximum Gasteiger partial charge on any atom is 0.228 e. The highest BCUT2D eigenvalue weighted by atomic mass is 19.1. The third-order valence-electron chi connectivity index (χ3n) is 3.60. The van der Waals surface area contributed by atoms with Gasteiger partial charge in [-0.1, -0.05) is 12.1 Å². The first-order valence-corrected chi connectivity index (χ1v) is 6.89. The number of rotatable bonds is 3. The number of carbonyl (C=O) groups is 1. The molecule has 0 radical (unpaired) electrons. The zero-order valence-electron chi connectivity index (χ0n) is 12.0. The van der Waals surface area contributed by atoms with Crippen molar-refractivity contribution in [1.82, 2.24) is 4.98 Å². The lowest BCUT2D eigenvalue weighted by Gasteiger charge is -2.07. The summed E-state index contributed by atoms with van der Waals surface area (Å²) in [5.74, 6) is -0.596. The number of hydrogen-bond acceptors (Lipinski definition) is 2. The Morgan fingerprint density at radius 3 is 2.82 bits per heavy atom. The second kappa shape index (κ2) is 5.52. The summed E-state index contributed by atoms with van der Waals surface area (Å²) in [6.07, 6.45) is 0.101. The van der Waals surface area contributed by atoms with Crippen LogP contribution in [0.2, 0.25) is 0 Å². The van der Waals surface area contributed by atoms with Crippen molar-refractivity contribution in [2.24, 2.45) is 0 Å². The fourth-order valence-electron chi connectivity index (χ4n) is 2.52. The maximum absolute atomic E-state index is 13.4. The number of phenols is 1. The van der Waals surface area contributed by atoms with E-state index in [1.165, 1.54) is 18.2 Å². The van der Waals surface area contributed by atoms with Crippen molar-refractivity contribution in [1.29, 1.82) is 0 Å². The highest BCUT2D eigenvalue weighted by molar-refractivity contribution is 5.97. The summed E-state index contributed by atoms with van der Waals surface area (Å²) in [4.78, 5) is 15.3. The Labute approximate surface area is 126 Å². The van der Waals surface area contributed by atoms with E-state index in [0.29, 0.717) is 11.1 Å². The lowest BCUT2D eigenvalue weighted by molar-refractivity contribution is -0.115. The largest absolute Gasteiger partial charge is 0.506 e. The van der Waals surface area contributed by atoms with Gasteiger partial charge >= 0.3 is 0 Å². The number of aryl methyl sites for hydroxylation is 1. The number of phenolic OH excluding ortho intramolecular Hbond substituents is 1. The molecule has 0 aliphatic heterocycles. The van der Waals surface area contributed by atoms with Gasteiger partial charge in [0, 0.05) is 16.6 Å². The molecule has 112 valence electrons. The molecule has 2 aromatic carbocycles. The molecule has 1 heterocycles. The molecule has 1 aromatic heterocycles. The fraction of sp³-hybridized carbons (Fsp3) is 0.118. The lowest BCUT2D eigenvalue weighted by atomic mass is 10.1. The first-order valence-electron chi connectivity index (χ1n) is 6.89. The van der Waals surface area contributed by atoms with Crippen LogP contribution in [0.1, 0.15) is 11.3 Å². The second-order valence-electron chi connectivity index (χ2n) is 5.16. The number of carbonyl (C=O) groups excluding carboxylic acids is 1. The smallest absolute Gasteiger partial charge is 0.228 e. The van der Waals surface area contributed by atoms with Gasteiger partial charge in [-0.25, -0.2) is 4.39 Å². The number of aromatic nitrogens is 1. The number of para-hydroxylation sites is 2. The summed E-state index contributed by atoms with van der Waals surface area (Å²) in [5.41, 5.74) is 2.73. The van der Waals surface area contributed by atoms with Crippen LogP contribution < -0.4 is 5.32 Å². The Kier molecular flexibility index (Phi) is 3.55. The molecular weight excluding hydrogens is 283 g/mol. The summed E-state index contributed by atoms with van der Waals surface area (Å²) < 4.78 is 13.4. The zero-order chi connectivity index (χ0) is 15.7. The van der Waals surface area contributed by atoms with Crippen molar-refractivity contribution in [3.63, 3.8) is 0 Å². The number of fused-ring (bicyclic) bond motifs is 1. The fourth-order valence-corrected chi connectivity index (χ4v) is 2.52. The van der Waals surface area contributed by atoms with Crippen LogP contribution in [0, 0.1) is 12.7 Å². The molecule has 4 nitrogen and oxygen atoms in total. The van der Waals surface area contributed by atoms with Crippen molar-refractivity contribution in [2.45, 2.75) is 13.3 Å². The molecule has 0 aliphatic rings. The molecule has 5 heteroatoms. The van der Waals surface area contributed by atoms with Gasteiger partial charge in [0.25, 0.3) is 0 Å². The van der Waals surface area contributed by atoms with Crippen LogP contribution in [-0.4, -0.2) is 16.0 Å². The minimum Gasteiger partial charge on any atom is -0.506 e. The molecule has 0 unspecified atom stereocenters. The average Bonchev–Trinajstić information content (AvgIpc) is 2.77. The predicted octanol–water partition coefficient (Wildman–Crippen LogP) is 3.50. The Hall–Kier alpha value is -2.82. The van der Waals surface area contributed by atoms with Crippen molar-refractivity contribution in [2.75, 3.05) is 5.32 Å². The monoisotopic (exact) mass is 298 g/mol. The molecule has 0 aliphatic carbocycles. The number of anilines is 1. The Bertz CT molecular complexity index is 855. The molecular formula is C17H15FN2O2. The van der Waals surface area contributed by atoms with E-state index in [-0.39, 0.29) is 23.9 Å². The number of aromatic hydroxyl groups is 1. The number of halogens is 1. The first-order chi connectivity index (χ1) is 10.5. The molecule has 1 amide bonds. The molecule has 3 rings (SSSR count). The minimum atomic E-state index is -0.339. The summed E-state index contributed by atoms with van der Waals surface area (Å²) >= 11 is 0. The van der Waals surface area contributed by atoms with Crippen molar-refractivity contribution < 1.29 is 14.3 Å². The van der Waals surface area contributed by atoms with Crippen LogP contribution in [0.3, 0.4) is 0 Å². The van der Waals surface area contributed by atoms with Gasteiger partial charge in [0.15, 0.2) is 0 Å². The lowest BCUT2D eigenvalue weighted by Crippen LogP contribution is -2.14. The van der Waals surface area contributed by atoms with Gasteiger partial charge in [0.05, 0.1) is 12.1 Å². The van der Waals surface area contributed by atoms with E-state index in [1.807, 2.05) is 6.92 Å². The molecule has 3 aromatic rings. The van der Waals surface area contributed by atoms with E-state index < -0.39 is 0 Å². The highest BCUT2D eigenvalue weighted by Gasteiger charge is 2.14. The number of aromatic amines is 1. The molecule has 0 fully saturated rings. The van der Waals surface area contributed by atoms with Crippen LogP contribution in [-0.2, 0) is 11.2 Å². The topological polar surface area (TPSA) is 65.1 Å². The SMILES string of the molecule is Cc1[nH]c2ccc(F)cc2c1CC(=O)Nc1ccccc1O. The molecule has 3 N–H and O–H groups in total. The molecule has 0 spiro atoms. The average molecular weight is 298 g/mol. The number of benzene rings is 2. The van der Waals surface area contributed by atoms with Gasteiger partial charge in [-0.05, 0) is 42.8 Å². The standard InChI is InChI=1S/C17H15FN2O2/c1-10-12(13-8-11(18)6-7-14(13)19-10)9-17(22)20-15-4-2-3-5-16(15)21/h2-8,19,21H,9H2,1H3,(H,20,22). The van der Waals surface area contributed by atoms with E-state index in [9.17, 15) is 14.3 Å². The second-order valence-corrected chi connectivity index (χ2v) is 5.16. The molecule has 0 saturated carbocycles. The number of nitrogens with one attached hydrogen (secondary N) is 2.